The number of hydrogen-bond acceptors (Lipinski definition) is 2. The van der Waals surface area contributed by atoms with Crippen molar-refractivity contribution in [2.24, 2.45) is 0 Å². The van der Waals surface area contributed by atoms with Gasteiger partial charge in [-0.3, -0.25) is 0 Å². The zero-order valence-electron chi connectivity index (χ0n) is 4.27. The average Bonchev–Trinajstić information content (AvgIpc) is 1.65. The van der Waals surface area contributed by atoms with E-state index in [1.165, 1.54) is 0 Å². The summed E-state index contributed by atoms with van der Waals surface area (Å²) < 4.78 is 39.9. The van der Waals surface area contributed by atoms with Gasteiger partial charge in [-0.25, -0.2) is 4.21 Å². The Morgan fingerprint density at radius 2 is 2.29 bits per heavy atom. The zero-order valence-corrected chi connectivity index (χ0v) is 7.05. The molecule has 0 aliphatic rings. The predicted octanol–water partition coefficient (Wildman–Crippen LogP) is 0.428. The van der Waals surface area contributed by atoms with E-state index in [1.807, 2.05) is 0 Å². The molecular weight excluding hydrogens is 179 g/mol. The molecule has 0 radical (unpaired) electrons. The second kappa shape index (κ2) is 4.75. The molecule has 40 valence electrons. The van der Waals surface area contributed by atoms with Crippen molar-refractivity contribution in [3.8, 4) is 0 Å². The Morgan fingerprint density at radius 1 is 1.86 bits per heavy atom. The molecule has 0 aromatic rings. The maximum atomic E-state index is 10.9. The third kappa shape index (κ3) is 6.59. The van der Waals surface area contributed by atoms with Crippen LogP contribution in [-0.4, -0.2) is 14.5 Å². The van der Waals surface area contributed by atoms with Gasteiger partial charge in [-0.05, 0) is 0 Å². The number of hydrogen-bond donors (Lipinski definition) is 1. The van der Waals surface area contributed by atoms with Crippen molar-refractivity contribution >= 4 is 11.1 Å². The summed E-state index contributed by atoms with van der Waals surface area (Å²) in [7, 11) is 0. The topological polar surface area (TPSA) is 37.3 Å². The molecule has 1 atom stereocenters. The van der Waals surface area contributed by atoms with Crippen molar-refractivity contribution in [3.05, 3.63) is 0 Å². The Morgan fingerprint density at radius 3 is 2.29 bits per heavy atom. The molecular formula is CH2F2O2SZn. The van der Waals surface area contributed by atoms with Gasteiger partial charge in [0.1, 0.15) is 0 Å². The molecule has 0 aliphatic carbocycles. The third-order valence-electron chi connectivity index (χ3n) is 0.145. The van der Waals surface area contributed by atoms with Crippen molar-refractivity contribution in [2.45, 2.75) is 5.76 Å². The minimum absolute atomic E-state index is 0. The smallest absolute Gasteiger partial charge is 0.302 e. The molecule has 0 saturated carbocycles. The largest absolute Gasteiger partial charge is 0.336 e. The quantitative estimate of drug-likeness (QED) is 0.497. The molecule has 0 aromatic heterocycles. The molecule has 0 heterocycles. The molecule has 1 unspecified atom stereocenters. The summed E-state index contributed by atoms with van der Waals surface area (Å²) in [4.78, 5) is 0. The number of halogens is 2. The van der Waals surface area contributed by atoms with Crippen molar-refractivity contribution in [2.75, 3.05) is 0 Å². The maximum absolute atomic E-state index is 10.9. The molecule has 0 rings (SSSR count). The molecule has 1 N–H and O–H groups in total. The minimum Gasteiger partial charge on any atom is -0.302 e. The predicted molar refractivity (Wildman–Crippen MR) is 16.8 cm³/mol. The molecule has 2 nitrogen and oxygen atoms in total. The van der Waals surface area contributed by atoms with Crippen LogP contribution in [-0.2, 0) is 30.6 Å². The van der Waals surface area contributed by atoms with Gasteiger partial charge in [0, 0.05) is 19.5 Å². The van der Waals surface area contributed by atoms with Gasteiger partial charge in [0.15, 0.2) is 0 Å². The number of alkyl halides is 2. The van der Waals surface area contributed by atoms with E-state index in [0.29, 0.717) is 0 Å². The molecule has 0 bridgehead atoms. The van der Waals surface area contributed by atoms with Crippen molar-refractivity contribution in [1.29, 1.82) is 1.43 Å². The number of rotatable bonds is 2. The molecule has 0 spiro atoms. The van der Waals surface area contributed by atoms with Gasteiger partial charge in [0.05, 0.1) is 0 Å². The molecule has 0 fully saturated rings. The van der Waals surface area contributed by atoms with Crippen molar-refractivity contribution in [3.63, 3.8) is 0 Å². The normalized spacial score (nSPS) is 15.0. The molecule has 0 aromatic carbocycles. The second-order valence-corrected chi connectivity index (χ2v) is 1.40. The van der Waals surface area contributed by atoms with Crippen molar-refractivity contribution < 1.29 is 37.0 Å². The Labute approximate surface area is 55.8 Å². The van der Waals surface area contributed by atoms with Gasteiger partial charge in [0.25, 0.3) is 0 Å². The summed E-state index contributed by atoms with van der Waals surface area (Å²) in [5.74, 6) is -3.07. The van der Waals surface area contributed by atoms with E-state index in [2.05, 4.69) is 4.56 Å². The van der Waals surface area contributed by atoms with Crippen molar-refractivity contribution in [1.82, 2.24) is 0 Å². The van der Waals surface area contributed by atoms with E-state index in [9.17, 15) is 13.0 Å². The third-order valence-corrected chi connectivity index (χ3v) is 0.436. The molecule has 7 heavy (non-hydrogen) atoms. The SMILES string of the molecule is [2H]OS(=O)C(F)F.[Zn]. The summed E-state index contributed by atoms with van der Waals surface area (Å²) in [5.41, 5.74) is 0. The summed E-state index contributed by atoms with van der Waals surface area (Å²) in [6.07, 6.45) is 0. The Hall–Kier alpha value is 0.593. The van der Waals surface area contributed by atoms with Gasteiger partial charge >= 0.3 is 5.76 Å². The minimum atomic E-state index is -3.07. The zero-order chi connectivity index (χ0) is 5.86. The van der Waals surface area contributed by atoms with E-state index in [1.54, 1.807) is 0 Å². The fourth-order valence-electron chi connectivity index (χ4n) is 0. The second-order valence-electron chi connectivity index (χ2n) is 0.521. The van der Waals surface area contributed by atoms with Gasteiger partial charge in [-0.15, -0.1) is 0 Å². The van der Waals surface area contributed by atoms with Gasteiger partial charge in [-0.1, -0.05) is 0 Å². The van der Waals surface area contributed by atoms with Crippen LogP contribution in [0.15, 0.2) is 0 Å². The monoisotopic (exact) mass is 181 g/mol. The van der Waals surface area contributed by atoms with E-state index in [0.717, 1.165) is 0 Å². The van der Waals surface area contributed by atoms with Crippen LogP contribution < -0.4 is 0 Å². The summed E-state index contributed by atoms with van der Waals surface area (Å²) in [5, 5.41) is 0. The fourth-order valence-corrected chi connectivity index (χ4v) is 0. The van der Waals surface area contributed by atoms with Crippen LogP contribution in [0, 0.1) is 0 Å². The van der Waals surface area contributed by atoms with Gasteiger partial charge in [0.2, 0.25) is 12.5 Å². The Bertz CT molecular complexity index is 80.4. The van der Waals surface area contributed by atoms with E-state index in [-0.39, 0.29) is 19.5 Å². The van der Waals surface area contributed by atoms with Crippen LogP contribution in [0.1, 0.15) is 0 Å². The molecule has 6 heteroatoms. The summed E-state index contributed by atoms with van der Waals surface area (Å²) >= 11 is -2.75. The Balaban J connectivity index is 0. The fraction of sp³-hybridized carbons (Fsp3) is 1.00. The maximum Gasteiger partial charge on any atom is 0.336 e. The van der Waals surface area contributed by atoms with E-state index in [4.69, 9.17) is 1.43 Å². The van der Waals surface area contributed by atoms with Crippen LogP contribution in [0.2, 0.25) is 0 Å². The van der Waals surface area contributed by atoms with Gasteiger partial charge < -0.3 is 4.56 Å². The average molecular weight is 182 g/mol. The molecule has 0 saturated heterocycles. The van der Waals surface area contributed by atoms with Crippen LogP contribution >= 0.6 is 0 Å². The van der Waals surface area contributed by atoms with E-state index < -0.39 is 16.8 Å². The Kier molecular flexibility index (Phi) is 5.15. The summed E-state index contributed by atoms with van der Waals surface area (Å²) in [6, 6.07) is 0. The first-order chi connectivity index (χ1) is 3.18. The van der Waals surface area contributed by atoms with Crippen LogP contribution in [0.5, 0.6) is 0 Å². The molecule has 0 aliphatic heterocycles. The molecule has 0 amide bonds. The first-order valence-corrected chi connectivity index (χ1v) is 2.14. The standard InChI is InChI=1S/CH2F2O2S.Zn/c2-1(3)6(4)5;/h1H,(H,4,5);/i/hD. The van der Waals surface area contributed by atoms with Crippen LogP contribution in [0.3, 0.4) is 0 Å². The first kappa shape index (κ1) is 7.59. The van der Waals surface area contributed by atoms with Crippen LogP contribution in [0.4, 0.5) is 8.78 Å². The first-order valence-electron chi connectivity index (χ1n) is 1.41. The van der Waals surface area contributed by atoms with Crippen LogP contribution in [0.25, 0.3) is 1.43 Å². The van der Waals surface area contributed by atoms with E-state index >= 15 is 0 Å². The van der Waals surface area contributed by atoms with Gasteiger partial charge in [-0.2, -0.15) is 8.78 Å². The summed E-state index contributed by atoms with van der Waals surface area (Å²) in [6.45, 7) is 0.